The van der Waals surface area contributed by atoms with Crippen molar-refractivity contribution in [1.82, 2.24) is 15.1 Å². The minimum atomic E-state index is -4.47. The number of thiazole rings is 1. The van der Waals surface area contributed by atoms with Gasteiger partial charge in [-0.3, -0.25) is 13.7 Å². The summed E-state index contributed by atoms with van der Waals surface area (Å²) < 4.78 is 82.5. The number of halogens is 3. The van der Waals surface area contributed by atoms with Crippen LogP contribution in [0.15, 0.2) is 57.6 Å². The van der Waals surface area contributed by atoms with E-state index in [0.717, 1.165) is 29.7 Å². The molecule has 2 atom stereocenters. The van der Waals surface area contributed by atoms with Gasteiger partial charge in [0.25, 0.3) is 10.1 Å². The van der Waals surface area contributed by atoms with Crippen molar-refractivity contribution in [2.75, 3.05) is 13.4 Å². The van der Waals surface area contributed by atoms with Crippen LogP contribution < -0.4 is 5.76 Å². The third kappa shape index (κ3) is 6.74. The van der Waals surface area contributed by atoms with E-state index in [1.54, 1.807) is 18.2 Å². The van der Waals surface area contributed by atoms with Crippen LogP contribution in [0.5, 0.6) is 0 Å². The molecule has 4 rings (SSSR count). The molecule has 15 heteroatoms. The van der Waals surface area contributed by atoms with Gasteiger partial charge in [0.2, 0.25) is 0 Å². The fourth-order valence-corrected chi connectivity index (χ4v) is 4.73. The van der Waals surface area contributed by atoms with E-state index in [1.165, 1.54) is 19.2 Å². The summed E-state index contributed by atoms with van der Waals surface area (Å²) in [5, 5.41) is 4.05. The zero-order chi connectivity index (χ0) is 26.8. The number of ether oxygens (including phenoxy) is 2. The maximum absolute atomic E-state index is 12.9. The zero-order valence-electron chi connectivity index (χ0n) is 19.3. The summed E-state index contributed by atoms with van der Waals surface area (Å²) in [6, 6.07) is 4.47. The normalized spacial score (nSPS) is 18.1. The van der Waals surface area contributed by atoms with Crippen molar-refractivity contribution in [3.63, 3.8) is 0 Å². The molecular formula is C22H20F3N3O7S2. The second-order valence-corrected chi connectivity index (χ2v) is 10.6. The van der Waals surface area contributed by atoms with E-state index in [2.05, 4.69) is 19.6 Å². The van der Waals surface area contributed by atoms with Gasteiger partial charge in [0.1, 0.15) is 24.0 Å². The van der Waals surface area contributed by atoms with Gasteiger partial charge in [-0.15, -0.1) is 11.3 Å². The van der Waals surface area contributed by atoms with Crippen molar-refractivity contribution in [2.45, 2.75) is 31.4 Å². The van der Waals surface area contributed by atoms with Gasteiger partial charge in [0, 0.05) is 12.7 Å². The smallest absolute Gasteiger partial charge is 0.438 e. The number of hydrogen-bond acceptors (Lipinski definition) is 10. The number of hydrogen-bond donors (Lipinski definition) is 1. The summed E-state index contributed by atoms with van der Waals surface area (Å²) >= 11 is 1.13. The van der Waals surface area contributed by atoms with Gasteiger partial charge in [-0.2, -0.15) is 21.6 Å². The lowest BCUT2D eigenvalue weighted by atomic mass is 9.96. The van der Waals surface area contributed by atoms with Crippen LogP contribution in [0.4, 0.5) is 13.2 Å². The number of methoxy groups -OCH3 is 1. The van der Waals surface area contributed by atoms with Crippen molar-refractivity contribution in [2.24, 2.45) is 0 Å². The standard InChI is InChI=1S/C22H20F3N3O7S2/c1-32-17-9-14(7-8-15(17)19-27-21(29)35-28-19)33-11-18-16(10-34-37(2,30)31)26-20(36-18)12-3-5-13(6-4-12)22(23,24)25/h3-9,15,17H,10-11H2,1-2H3,(H,27,28,29). The number of alkyl halides is 3. The summed E-state index contributed by atoms with van der Waals surface area (Å²) in [5.74, 6) is -0.403. The van der Waals surface area contributed by atoms with Crippen molar-refractivity contribution >= 4 is 21.5 Å². The number of aromatic nitrogens is 3. The van der Waals surface area contributed by atoms with Crippen LogP contribution in [-0.2, 0) is 43.2 Å². The largest absolute Gasteiger partial charge is 0.488 e. The van der Waals surface area contributed by atoms with E-state index in [9.17, 15) is 26.4 Å². The van der Waals surface area contributed by atoms with Gasteiger partial charge in [-0.05, 0) is 24.3 Å². The first-order valence-corrected chi connectivity index (χ1v) is 13.2. The highest BCUT2D eigenvalue weighted by atomic mass is 32.2. The van der Waals surface area contributed by atoms with Crippen LogP contribution in [0.3, 0.4) is 0 Å². The molecular weight excluding hydrogens is 539 g/mol. The topological polar surface area (TPSA) is 134 Å². The summed E-state index contributed by atoms with van der Waals surface area (Å²) in [7, 11) is -2.30. The Morgan fingerprint density at radius 3 is 2.51 bits per heavy atom. The Hall–Kier alpha value is -3.27. The molecule has 10 nitrogen and oxygen atoms in total. The molecule has 1 aliphatic rings. The highest BCUT2D eigenvalue weighted by Gasteiger charge is 2.30. The molecule has 2 heterocycles. The Balaban J connectivity index is 1.54. The number of allylic oxidation sites excluding steroid dienone is 1. The first-order chi connectivity index (χ1) is 17.4. The summed E-state index contributed by atoms with van der Waals surface area (Å²) in [4.78, 5) is 18.6. The fourth-order valence-electron chi connectivity index (χ4n) is 3.42. The lowest BCUT2D eigenvalue weighted by Gasteiger charge is -2.22. The van der Waals surface area contributed by atoms with Crippen LogP contribution >= 0.6 is 11.3 Å². The third-order valence-electron chi connectivity index (χ3n) is 5.21. The molecule has 2 unspecified atom stereocenters. The highest BCUT2D eigenvalue weighted by molar-refractivity contribution is 7.85. The van der Waals surface area contributed by atoms with Crippen molar-refractivity contribution in [1.29, 1.82) is 0 Å². The van der Waals surface area contributed by atoms with E-state index in [0.29, 0.717) is 21.2 Å². The fraction of sp³-hybridized carbons (Fsp3) is 0.318. The molecule has 0 radical (unpaired) electrons. The minimum Gasteiger partial charge on any atom is -0.488 e. The molecule has 198 valence electrons. The Morgan fingerprint density at radius 2 is 1.92 bits per heavy atom. The quantitative estimate of drug-likeness (QED) is 0.389. The first-order valence-electron chi connectivity index (χ1n) is 10.5. The van der Waals surface area contributed by atoms with E-state index >= 15 is 0 Å². The van der Waals surface area contributed by atoms with Crippen LogP contribution in [0.2, 0.25) is 0 Å². The lowest BCUT2D eigenvalue weighted by Crippen LogP contribution is -2.22. The van der Waals surface area contributed by atoms with Gasteiger partial charge in [-0.1, -0.05) is 23.4 Å². The molecule has 1 N–H and O–H groups in total. The molecule has 0 saturated heterocycles. The maximum atomic E-state index is 12.9. The van der Waals surface area contributed by atoms with E-state index < -0.39 is 39.6 Å². The molecule has 0 bridgehead atoms. The predicted octanol–water partition coefficient (Wildman–Crippen LogP) is 3.75. The van der Waals surface area contributed by atoms with Crippen molar-refractivity contribution in [3.8, 4) is 10.6 Å². The Labute approximate surface area is 212 Å². The summed E-state index contributed by atoms with van der Waals surface area (Å²) in [6.45, 7) is -0.398. The number of nitrogens with zero attached hydrogens (tertiary/aromatic N) is 2. The number of H-pyrrole nitrogens is 1. The molecule has 0 aliphatic heterocycles. The number of aromatic amines is 1. The third-order valence-corrected chi connectivity index (χ3v) is 6.88. The molecule has 0 fully saturated rings. The van der Waals surface area contributed by atoms with Gasteiger partial charge in [0.05, 0.1) is 34.4 Å². The average Bonchev–Trinajstić information content (AvgIpc) is 3.46. The number of nitrogens with one attached hydrogen (secondary N) is 1. The molecule has 37 heavy (non-hydrogen) atoms. The Kier molecular flexibility index (Phi) is 7.68. The van der Waals surface area contributed by atoms with Gasteiger partial charge in [0.15, 0.2) is 5.82 Å². The Bertz CT molecular complexity index is 1470. The van der Waals surface area contributed by atoms with Crippen LogP contribution in [-0.4, -0.2) is 43.0 Å². The van der Waals surface area contributed by atoms with Crippen LogP contribution in [0, 0.1) is 0 Å². The van der Waals surface area contributed by atoms with Gasteiger partial charge >= 0.3 is 11.9 Å². The summed E-state index contributed by atoms with van der Waals surface area (Å²) in [5.41, 5.74) is -0.105. The second kappa shape index (κ2) is 10.6. The molecule has 1 aromatic carbocycles. The summed E-state index contributed by atoms with van der Waals surface area (Å²) in [6.07, 6.45) is 0.925. The molecule has 0 amide bonds. The van der Waals surface area contributed by atoms with Crippen molar-refractivity contribution < 1.29 is 39.8 Å². The van der Waals surface area contributed by atoms with E-state index in [1.807, 2.05) is 0 Å². The van der Waals surface area contributed by atoms with Gasteiger partial charge < -0.3 is 9.47 Å². The van der Waals surface area contributed by atoms with E-state index in [-0.39, 0.29) is 24.7 Å². The van der Waals surface area contributed by atoms with Gasteiger partial charge in [-0.25, -0.2) is 9.78 Å². The first kappa shape index (κ1) is 26.8. The van der Waals surface area contributed by atoms with E-state index in [4.69, 9.17) is 13.7 Å². The Morgan fingerprint density at radius 1 is 1.19 bits per heavy atom. The maximum Gasteiger partial charge on any atom is 0.438 e. The molecule has 2 aromatic heterocycles. The zero-order valence-corrected chi connectivity index (χ0v) is 20.9. The SMILES string of the molecule is COC1C=C(OCc2sc(-c3ccc(C(F)(F)F)cc3)nc2COS(C)(=O)=O)C=CC1c1noc(=O)[nH]1. The minimum absolute atomic E-state index is 0.0289. The second-order valence-electron chi connectivity index (χ2n) is 7.85. The van der Waals surface area contributed by atoms with Crippen molar-refractivity contribution in [3.05, 3.63) is 80.8 Å². The highest BCUT2D eigenvalue weighted by Crippen LogP contribution is 2.34. The van der Waals surface area contributed by atoms with Crippen LogP contribution in [0.25, 0.3) is 10.6 Å². The molecule has 3 aromatic rings. The molecule has 1 aliphatic carbocycles. The monoisotopic (exact) mass is 559 g/mol. The number of benzene rings is 1. The average molecular weight is 560 g/mol. The lowest BCUT2D eigenvalue weighted by molar-refractivity contribution is -0.137. The van der Waals surface area contributed by atoms with Crippen LogP contribution in [0.1, 0.15) is 27.9 Å². The molecule has 0 saturated carbocycles. The molecule has 0 spiro atoms. The number of rotatable bonds is 9. The predicted molar refractivity (Wildman–Crippen MR) is 125 cm³/mol.